The molecule has 1 saturated carbocycles. The van der Waals surface area contributed by atoms with E-state index >= 15 is 0 Å². The Labute approximate surface area is 94.1 Å². The normalized spacial score (nSPS) is 26.8. The number of H-pyrrole nitrogens is 1. The number of sulfonamides is 1. The predicted molar refractivity (Wildman–Crippen MR) is 57.2 cm³/mol. The van der Waals surface area contributed by atoms with Crippen LogP contribution in [0.3, 0.4) is 0 Å². The van der Waals surface area contributed by atoms with Crippen molar-refractivity contribution in [3.05, 3.63) is 12.5 Å². The molecule has 6 nitrogen and oxygen atoms in total. The van der Waals surface area contributed by atoms with Crippen molar-refractivity contribution in [2.45, 2.75) is 42.9 Å². The van der Waals surface area contributed by atoms with Gasteiger partial charge in [0.25, 0.3) is 10.0 Å². The summed E-state index contributed by atoms with van der Waals surface area (Å²) in [6.45, 7) is 0. The van der Waals surface area contributed by atoms with Crippen molar-refractivity contribution >= 4 is 10.0 Å². The van der Waals surface area contributed by atoms with Gasteiger partial charge in [-0.1, -0.05) is 12.8 Å². The van der Waals surface area contributed by atoms with Crippen LogP contribution in [0.25, 0.3) is 0 Å². The number of aromatic nitrogens is 2. The van der Waals surface area contributed by atoms with E-state index in [9.17, 15) is 13.5 Å². The monoisotopic (exact) mass is 245 g/mol. The quantitative estimate of drug-likeness (QED) is 0.698. The highest BCUT2D eigenvalue weighted by Crippen LogP contribution is 2.19. The maximum Gasteiger partial charge on any atom is 0.257 e. The first kappa shape index (κ1) is 11.6. The minimum absolute atomic E-state index is 0.0327. The van der Waals surface area contributed by atoms with Crippen LogP contribution in [0, 0.1) is 0 Å². The first-order valence-electron chi connectivity index (χ1n) is 5.28. The molecule has 0 bridgehead atoms. The molecule has 0 spiro atoms. The van der Waals surface area contributed by atoms with Gasteiger partial charge in [0.05, 0.1) is 18.6 Å². The zero-order valence-corrected chi connectivity index (χ0v) is 9.57. The third-order valence-corrected chi connectivity index (χ3v) is 4.21. The standard InChI is InChI=1S/C9H15N3O3S/c13-8-4-2-1-3-7(8)12-16(14,15)9-5-10-6-11-9/h5-8,12-13H,1-4H2,(H,10,11)/t7-,8-/m1/s1. The van der Waals surface area contributed by atoms with E-state index in [0.717, 1.165) is 12.8 Å². The summed E-state index contributed by atoms with van der Waals surface area (Å²) in [6.07, 6.45) is 5.18. The highest BCUT2D eigenvalue weighted by Gasteiger charge is 2.28. The number of imidazole rings is 1. The summed E-state index contributed by atoms with van der Waals surface area (Å²) < 4.78 is 26.1. The summed E-state index contributed by atoms with van der Waals surface area (Å²) in [6, 6.07) is -0.387. The van der Waals surface area contributed by atoms with E-state index in [-0.39, 0.29) is 11.1 Å². The molecular weight excluding hydrogens is 230 g/mol. The molecule has 1 aromatic heterocycles. The maximum atomic E-state index is 11.8. The molecule has 1 aromatic rings. The minimum atomic E-state index is -3.58. The van der Waals surface area contributed by atoms with Gasteiger partial charge in [0, 0.05) is 6.04 Å². The number of hydrogen-bond acceptors (Lipinski definition) is 4. The van der Waals surface area contributed by atoms with Gasteiger partial charge >= 0.3 is 0 Å². The lowest BCUT2D eigenvalue weighted by Gasteiger charge is -2.27. The summed E-state index contributed by atoms with van der Waals surface area (Å²) in [5.41, 5.74) is 0. The third kappa shape index (κ3) is 2.42. The van der Waals surface area contributed by atoms with Crippen molar-refractivity contribution in [3.8, 4) is 0 Å². The maximum absolute atomic E-state index is 11.8. The van der Waals surface area contributed by atoms with Crippen LogP contribution >= 0.6 is 0 Å². The second-order valence-corrected chi connectivity index (χ2v) is 5.68. The van der Waals surface area contributed by atoms with Crippen LogP contribution in [0.2, 0.25) is 0 Å². The Kier molecular flexibility index (Phi) is 3.27. The zero-order chi connectivity index (χ0) is 11.6. The average molecular weight is 245 g/mol. The molecule has 2 atom stereocenters. The molecule has 7 heteroatoms. The summed E-state index contributed by atoms with van der Waals surface area (Å²) >= 11 is 0. The van der Waals surface area contributed by atoms with E-state index < -0.39 is 16.1 Å². The summed E-state index contributed by atoms with van der Waals surface area (Å²) in [5.74, 6) is 0. The van der Waals surface area contributed by atoms with E-state index in [2.05, 4.69) is 14.7 Å². The molecule has 2 rings (SSSR count). The minimum Gasteiger partial charge on any atom is -0.391 e. The van der Waals surface area contributed by atoms with Crippen molar-refractivity contribution in [1.29, 1.82) is 0 Å². The number of aromatic amines is 1. The first-order chi connectivity index (χ1) is 7.59. The number of aliphatic hydroxyl groups excluding tert-OH is 1. The molecular formula is C9H15N3O3S. The number of nitrogens with one attached hydrogen (secondary N) is 2. The average Bonchev–Trinajstić information content (AvgIpc) is 2.75. The molecule has 1 aliphatic carbocycles. The molecule has 0 unspecified atom stereocenters. The van der Waals surface area contributed by atoms with Crippen LogP contribution in [0.4, 0.5) is 0 Å². The van der Waals surface area contributed by atoms with Crippen molar-refractivity contribution in [2.75, 3.05) is 0 Å². The van der Waals surface area contributed by atoms with Gasteiger partial charge in [-0.15, -0.1) is 0 Å². The third-order valence-electron chi connectivity index (χ3n) is 2.80. The largest absolute Gasteiger partial charge is 0.391 e. The highest BCUT2D eigenvalue weighted by atomic mass is 32.2. The lowest BCUT2D eigenvalue weighted by molar-refractivity contribution is 0.101. The fraction of sp³-hybridized carbons (Fsp3) is 0.667. The van der Waals surface area contributed by atoms with E-state index in [4.69, 9.17) is 0 Å². The molecule has 90 valence electrons. The predicted octanol–water partition coefficient (Wildman–Crippen LogP) is -0.00850. The lowest BCUT2D eigenvalue weighted by atomic mass is 9.93. The number of aliphatic hydroxyl groups is 1. The first-order valence-corrected chi connectivity index (χ1v) is 6.77. The van der Waals surface area contributed by atoms with Crippen molar-refractivity contribution < 1.29 is 13.5 Å². The highest BCUT2D eigenvalue weighted by molar-refractivity contribution is 7.89. The second kappa shape index (κ2) is 4.52. The Balaban J connectivity index is 2.09. The van der Waals surface area contributed by atoms with Crippen LogP contribution in [0.15, 0.2) is 17.6 Å². The van der Waals surface area contributed by atoms with E-state index in [0.29, 0.717) is 12.8 Å². The molecule has 0 aromatic carbocycles. The van der Waals surface area contributed by atoms with E-state index in [1.807, 2.05) is 0 Å². The molecule has 0 amide bonds. The van der Waals surface area contributed by atoms with Gasteiger partial charge in [0.15, 0.2) is 5.03 Å². The molecule has 1 fully saturated rings. The Bertz CT molecular complexity index is 429. The SMILES string of the molecule is O=S(=O)(N[C@@H]1CCCC[C@H]1O)c1cnc[nH]1. The van der Waals surface area contributed by atoms with Gasteiger partial charge in [-0.25, -0.2) is 18.1 Å². The Morgan fingerprint density at radius 2 is 2.19 bits per heavy atom. The van der Waals surface area contributed by atoms with Gasteiger partial charge < -0.3 is 10.1 Å². The molecule has 16 heavy (non-hydrogen) atoms. The van der Waals surface area contributed by atoms with E-state index in [1.54, 1.807) is 0 Å². The molecule has 1 heterocycles. The van der Waals surface area contributed by atoms with E-state index in [1.165, 1.54) is 12.5 Å². The van der Waals surface area contributed by atoms with Crippen molar-refractivity contribution in [2.24, 2.45) is 0 Å². The zero-order valence-electron chi connectivity index (χ0n) is 8.76. The van der Waals surface area contributed by atoms with Gasteiger partial charge in [-0.2, -0.15) is 0 Å². The van der Waals surface area contributed by atoms with Crippen LogP contribution in [0.1, 0.15) is 25.7 Å². The number of hydrogen-bond donors (Lipinski definition) is 3. The topological polar surface area (TPSA) is 95.1 Å². The number of rotatable bonds is 3. The second-order valence-electron chi connectivity index (χ2n) is 4.00. The molecule has 1 aliphatic rings. The molecule has 0 radical (unpaired) electrons. The van der Waals surface area contributed by atoms with Crippen molar-refractivity contribution in [3.63, 3.8) is 0 Å². The van der Waals surface area contributed by atoms with Gasteiger partial charge in [-0.05, 0) is 12.8 Å². The van der Waals surface area contributed by atoms with Gasteiger partial charge in [0.2, 0.25) is 0 Å². The summed E-state index contributed by atoms with van der Waals surface area (Å²) in [5, 5.41) is 9.71. The molecule has 3 N–H and O–H groups in total. The Morgan fingerprint density at radius 3 is 2.81 bits per heavy atom. The summed E-state index contributed by atoms with van der Waals surface area (Å²) in [4.78, 5) is 6.20. The molecule has 0 saturated heterocycles. The smallest absolute Gasteiger partial charge is 0.257 e. The van der Waals surface area contributed by atoms with Crippen LogP contribution in [0.5, 0.6) is 0 Å². The number of nitrogens with zero attached hydrogens (tertiary/aromatic N) is 1. The lowest BCUT2D eigenvalue weighted by Crippen LogP contribution is -2.45. The summed E-state index contributed by atoms with van der Waals surface area (Å²) in [7, 11) is -3.58. The fourth-order valence-electron chi connectivity index (χ4n) is 1.90. The van der Waals surface area contributed by atoms with Crippen LogP contribution in [-0.2, 0) is 10.0 Å². The van der Waals surface area contributed by atoms with Gasteiger partial charge in [0.1, 0.15) is 0 Å². The fourth-order valence-corrected chi connectivity index (χ4v) is 3.11. The van der Waals surface area contributed by atoms with Gasteiger partial charge in [-0.3, -0.25) is 0 Å². The Morgan fingerprint density at radius 1 is 1.44 bits per heavy atom. The Hall–Kier alpha value is -0.920. The molecule has 0 aliphatic heterocycles. The van der Waals surface area contributed by atoms with Crippen molar-refractivity contribution in [1.82, 2.24) is 14.7 Å². The van der Waals surface area contributed by atoms with Crippen LogP contribution in [-0.4, -0.2) is 35.6 Å². The van der Waals surface area contributed by atoms with Crippen LogP contribution < -0.4 is 4.72 Å².